The Hall–Kier alpha value is -1.44. The van der Waals surface area contributed by atoms with Gasteiger partial charge in [0.1, 0.15) is 11.5 Å². The molecule has 0 spiro atoms. The number of aromatic hydroxyl groups is 2. The number of phenols is 2. The zero-order chi connectivity index (χ0) is 14.4. The average molecular weight is 262 g/mol. The van der Waals surface area contributed by atoms with Gasteiger partial charge in [0, 0.05) is 0 Å². The maximum Gasteiger partial charge on any atom is 0.127 e. The van der Waals surface area contributed by atoms with Crippen LogP contribution in [0.5, 0.6) is 11.5 Å². The molecule has 2 rings (SSSR count). The SMILES string of the molecule is CCC.Cc1cc(O)c(C2=CC(C)CCC2)c(O)c1. The molecular weight excluding hydrogens is 236 g/mol. The summed E-state index contributed by atoms with van der Waals surface area (Å²) in [6.45, 7) is 8.28. The second-order valence-electron chi connectivity index (χ2n) is 5.45. The van der Waals surface area contributed by atoms with Crippen molar-refractivity contribution >= 4 is 5.57 Å². The summed E-state index contributed by atoms with van der Waals surface area (Å²) in [4.78, 5) is 0. The van der Waals surface area contributed by atoms with E-state index in [0.717, 1.165) is 24.0 Å². The first-order valence-electron chi connectivity index (χ1n) is 7.23. The smallest absolute Gasteiger partial charge is 0.127 e. The molecule has 2 heteroatoms. The molecule has 19 heavy (non-hydrogen) atoms. The fourth-order valence-electron chi connectivity index (χ4n) is 2.41. The Morgan fingerprint density at radius 2 is 1.68 bits per heavy atom. The Morgan fingerprint density at radius 1 is 1.16 bits per heavy atom. The Balaban J connectivity index is 0.000000550. The van der Waals surface area contributed by atoms with Crippen LogP contribution in [0.15, 0.2) is 18.2 Å². The molecule has 0 bridgehead atoms. The van der Waals surface area contributed by atoms with Crippen molar-refractivity contribution in [1.29, 1.82) is 0 Å². The summed E-state index contributed by atoms with van der Waals surface area (Å²) in [5.41, 5.74) is 2.58. The summed E-state index contributed by atoms with van der Waals surface area (Å²) in [6, 6.07) is 3.41. The number of rotatable bonds is 1. The summed E-state index contributed by atoms with van der Waals surface area (Å²) in [5.74, 6) is 0.916. The molecule has 0 aliphatic heterocycles. The van der Waals surface area contributed by atoms with E-state index >= 15 is 0 Å². The van der Waals surface area contributed by atoms with E-state index in [1.54, 1.807) is 12.1 Å². The highest BCUT2D eigenvalue weighted by molar-refractivity contribution is 5.76. The van der Waals surface area contributed by atoms with Crippen LogP contribution in [0.1, 0.15) is 57.6 Å². The highest BCUT2D eigenvalue weighted by Crippen LogP contribution is 2.39. The molecule has 0 saturated carbocycles. The van der Waals surface area contributed by atoms with E-state index in [4.69, 9.17) is 0 Å². The molecule has 2 N–H and O–H groups in total. The molecule has 1 aliphatic carbocycles. The highest BCUT2D eigenvalue weighted by Gasteiger charge is 2.17. The molecule has 1 aromatic carbocycles. The standard InChI is InChI=1S/C14H18O2.C3H8/c1-9-4-3-5-11(6-9)14-12(15)7-10(2)8-13(14)16;1-3-2/h6-9,15-16H,3-5H2,1-2H3;3H2,1-2H3. The predicted octanol–water partition coefficient (Wildman–Crippen LogP) is 5.03. The van der Waals surface area contributed by atoms with E-state index in [0.29, 0.717) is 11.5 Å². The van der Waals surface area contributed by atoms with Crippen LogP contribution < -0.4 is 0 Å². The first-order chi connectivity index (χ1) is 8.99. The van der Waals surface area contributed by atoms with E-state index < -0.39 is 0 Å². The second kappa shape index (κ2) is 7.22. The number of benzene rings is 1. The van der Waals surface area contributed by atoms with Crippen molar-refractivity contribution in [3.63, 3.8) is 0 Å². The van der Waals surface area contributed by atoms with E-state index in [-0.39, 0.29) is 11.5 Å². The molecule has 0 radical (unpaired) electrons. The van der Waals surface area contributed by atoms with Crippen molar-refractivity contribution in [1.82, 2.24) is 0 Å². The lowest BCUT2D eigenvalue weighted by atomic mass is 9.87. The summed E-state index contributed by atoms with van der Waals surface area (Å²) >= 11 is 0. The van der Waals surface area contributed by atoms with Crippen LogP contribution >= 0.6 is 0 Å². The number of allylic oxidation sites excluding steroid dienone is 2. The molecule has 0 saturated heterocycles. The van der Waals surface area contributed by atoms with Crippen LogP contribution in [0.3, 0.4) is 0 Å². The zero-order valence-electron chi connectivity index (χ0n) is 12.5. The van der Waals surface area contributed by atoms with E-state index in [2.05, 4.69) is 26.8 Å². The fourth-order valence-corrected chi connectivity index (χ4v) is 2.41. The maximum atomic E-state index is 9.91. The monoisotopic (exact) mass is 262 g/mol. The van der Waals surface area contributed by atoms with Crippen molar-refractivity contribution < 1.29 is 10.2 Å². The highest BCUT2D eigenvalue weighted by atomic mass is 16.3. The Morgan fingerprint density at radius 3 is 2.16 bits per heavy atom. The molecule has 2 nitrogen and oxygen atoms in total. The molecule has 0 heterocycles. The Labute approximate surface area is 116 Å². The van der Waals surface area contributed by atoms with Gasteiger partial charge in [-0.15, -0.1) is 0 Å². The number of hydrogen-bond donors (Lipinski definition) is 2. The van der Waals surface area contributed by atoms with Gasteiger partial charge in [0.2, 0.25) is 0 Å². The minimum atomic E-state index is 0.192. The van der Waals surface area contributed by atoms with Crippen LogP contribution in [-0.4, -0.2) is 10.2 Å². The van der Waals surface area contributed by atoms with Gasteiger partial charge in [-0.2, -0.15) is 0 Å². The van der Waals surface area contributed by atoms with Gasteiger partial charge in [0.05, 0.1) is 5.56 Å². The lowest BCUT2D eigenvalue weighted by Crippen LogP contribution is -2.00. The van der Waals surface area contributed by atoms with Gasteiger partial charge in [-0.25, -0.2) is 0 Å². The van der Waals surface area contributed by atoms with Crippen molar-refractivity contribution in [3.8, 4) is 11.5 Å². The van der Waals surface area contributed by atoms with Gasteiger partial charge >= 0.3 is 0 Å². The number of aryl methyl sites for hydroxylation is 1. The van der Waals surface area contributed by atoms with Crippen LogP contribution in [0.2, 0.25) is 0 Å². The van der Waals surface area contributed by atoms with Crippen LogP contribution in [0, 0.1) is 12.8 Å². The molecule has 1 aromatic rings. The summed E-state index contributed by atoms with van der Waals surface area (Å²) in [6.07, 6.45) is 6.67. The first kappa shape index (κ1) is 15.6. The molecule has 1 atom stereocenters. The summed E-state index contributed by atoms with van der Waals surface area (Å²) < 4.78 is 0. The third-order valence-electron chi connectivity index (χ3n) is 3.15. The van der Waals surface area contributed by atoms with Gasteiger partial charge in [-0.3, -0.25) is 0 Å². The number of phenolic OH excluding ortho intramolecular Hbond substituents is 2. The second-order valence-corrected chi connectivity index (χ2v) is 5.45. The van der Waals surface area contributed by atoms with Gasteiger partial charge < -0.3 is 10.2 Å². The third kappa shape index (κ3) is 4.30. The quantitative estimate of drug-likeness (QED) is 0.745. The molecule has 106 valence electrons. The van der Waals surface area contributed by atoms with Crippen molar-refractivity contribution in [2.75, 3.05) is 0 Å². The topological polar surface area (TPSA) is 40.5 Å². The van der Waals surface area contributed by atoms with E-state index in [1.165, 1.54) is 12.8 Å². The van der Waals surface area contributed by atoms with E-state index in [9.17, 15) is 10.2 Å². The Kier molecular flexibility index (Phi) is 5.94. The Bertz CT molecular complexity index is 424. The lowest BCUT2D eigenvalue weighted by molar-refractivity contribution is 0.445. The van der Waals surface area contributed by atoms with E-state index in [1.807, 2.05) is 6.92 Å². The predicted molar refractivity (Wildman–Crippen MR) is 81.5 cm³/mol. The zero-order valence-corrected chi connectivity index (χ0v) is 12.5. The lowest BCUT2D eigenvalue weighted by Gasteiger charge is -2.19. The van der Waals surface area contributed by atoms with Gasteiger partial charge in [-0.1, -0.05) is 33.3 Å². The summed E-state index contributed by atoms with van der Waals surface area (Å²) in [7, 11) is 0. The minimum Gasteiger partial charge on any atom is -0.507 e. The maximum absolute atomic E-state index is 9.91. The molecular formula is C17H26O2. The fraction of sp³-hybridized carbons (Fsp3) is 0.529. The first-order valence-corrected chi connectivity index (χ1v) is 7.23. The van der Waals surface area contributed by atoms with Crippen LogP contribution in [-0.2, 0) is 0 Å². The van der Waals surface area contributed by atoms with Gasteiger partial charge in [0.15, 0.2) is 0 Å². The minimum absolute atomic E-state index is 0.192. The molecule has 1 aliphatic rings. The largest absolute Gasteiger partial charge is 0.507 e. The van der Waals surface area contributed by atoms with Gasteiger partial charge in [-0.05, 0) is 55.4 Å². The average Bonchev–Trinajstić information content (AvgIpc) is 2.28. The van der Waals surface area contributed by atoms with Crippen molar-refractivity contribution in [2.24, 2.45) is 5.92 Å². The third-order valence-corrected chi connectivity index (χ3v) is 3.15. The van der Waals surface area contributed by atoms with Gasteiger partial charge in [0.25, 0.3) is 0 Å². The number of hydrogen-bond acceptors (Lipinski definition) is 2. The normalized spacial score (nSPS) is 18.3. The molecule has 0 amide bonds. The molecule has 0 aromatic heterocycles. The van der Waals surface area contributed by atoms with Crippen molar-refractivity contribution in [3.05, 3.63) is 29.3 Å². The van der Waals surface area contributed by atoms with Crippen LogP contribution in [0.25, 0.3) is 5.57 Å². The van der Waals surface area contributed by atoms with Crippen LogP contribution in [0.4, 0.5) is 0 Å². The van der Waals surface area contributed by atoms with Crippen molar-refractivity contribution in [2.45, 2.75) is 53.4 Å². The molecule has 1 unspecified atom stereocenters. The molecule has 0 fully saturated rings. The summed E-state index contributed by atoms with van der Waals surface area (Å²) in [5, 5.41) is 19.8.